The normalized spacial score (nSPS) is 19.4. The lowest BCUT2D eigenvalue weighted by atomic mass is 10.3. The second-order valence-electron chi connectivity index (χ2n) is 3.13. The number of hydrogen-bond donors (Lipinski definition) is 1. The summed E-state index contributed by atoms with van der Waals surface area (Å²) in [5.74, 6) is 0.203. The molecule has 1 N–H and O–H groups in total. The maximum atomic E-state index is 11.1. The van der Waals surface area contributed by atoms with Crippen LogP contribution in [0.3, 0.4) is 0 Å². The summed E-state index contributed by atoms with van der Waals surface area (Å²) in [6, 6.07) is 0.0598. The summed E-state index contributed by atoms with van der Waals surface area (Å²) in [6.07, 6.45) is 2.28. The first-order valence-corrected chi connectivity index (χ1v) is 4.21. The first-order valence-electron chi connectivity index (χ1n) is 4.21. The van der Waals surface area contributed by atoms with Crippen LogP contribution < -0.4 is 5.32 Å². The fourth-order valence-electron chi connectivity index (χ4n) is 1.40. The van der Waals surface area contributed by atoms with E-state index in [1.807, 2.05) is 6.92 Å². The zero-order chi connectivity index (χ0) is 8.97. The molecule has 0 aromatic rings. The van der Waals surface area contributed by atoms with Crippen molar-refractivity contribution in [2.24, 2.45) is 0 Å². The van der Waals surface area contributed by atoms with Crippen LogP contribution in [0.25, 0.3) is 0 Å². The molecule has 1 fully saturated rings. The van der Waals surface area contributed by atoms with Crippen LogP contribution in [0.1, 0.15) is 19.8 Å². The van der Waals surface area contributed by atoms with Gasteiger partial charge in [-0.3, -0.25) is 9.59 Å². The van der Waals surface area contributed by atoms with Gasteiger partial charge < -0.3 is 10.2 Å². The lowest BCUT2D eigenvalue weighted by Gasteiger charge is -2.19. The van der Waals surface area contributed by atoms with Crippen molar-refractivity contribution in [3.63, 3.8) is 0 Å². The lowest BCUT2D eigenvalue weighted by Crippen LogP contribution is -2.39. The molecule has 4 nitrogen and oxygen atoms in total. The van der Waals surface area contributed by atoms with Gasteiger partial charge in [0.15, 0.2) is 0 Å². The van der Waals surface area contributed by atoms with Gasteiger partial charge in [-0.25, -0.2) is 0 Å². The van der Waals surface area contributed by atoms with Gasteiger partial charge >= 0.3 is 0 Å². The Labute approximate surface area is 71.9 Å². The molecule has 0 spiro atoms. The molecule has 4 heteroatoms. The van der Waals surface area contributed by atoms with Crippen LogP contribution in [-0.2, 0) is 9.59 Å². The van der Waals surface area contributed by atoms with Gasteiger partial charge in [0, 0.05) is 25.6 Å². The predicted molar refractivity (Wildman–Crippen MR) is 44.5 cm³/mol. The molecule has 1 atom stereocenters. The van der Waals surface area contributed by atoms with Crippen LogP contribution >= 0.6 is 0 Å². The molecule has 0 radical (unpaired) electrons. The van der Waals surface area contributed by atoms with Crippen molar-refractivity contribution in [3.8, 4) is 0 Å². The van der Waals surface area contributed by atoms with Crippen LogP contribution in [0, 0.1) is 0 Å². The number of nitrogens with zero attached hydrogens (tertiary/aromatic N) is 1. The minimum absolute atomic E-state index is 0.0598. The van der Waals surface area contributed by atoms with E-state index >= 15 is 0 Å². The molecule has 68 valence electrons. The van der Waals surface area contributed by atoms with Crippen molar-refractivity contribution in [1.82, 2.24) is 10.2 Å². The molecule has 1 aliphatic rings. The standard InChI is InChI=1S/C8H14N2O2/c1-7(9-6-11)5-10-4-2-3-8(10)12/h6-7H,2-5H2,1H3,(H,9,11). The number of nitrogens with one attached hydrogen (secondary N) is 1. The predicted octanol–water partition coefficient (Wildman–Crippen LogP) is -0.257. The number of carbonyl (C=O) groups is 2. The Hall–Kier alpha value is -1.06. The molecular weight excluding hydrogens is 156 g/mol. The first-order chi connectivity index (χ1) is 5.74. The van der Waals surface area contributed by atoms with Gasteiger partial charge in [0.05, 0.1) is 0 Å². The van der Waals surface area contributed by atoms with Crippen LogP contribution in [0.4, 0.5) is 0 Å². The molecule has 1 aliphatic heterocycles. The van der Waals surface area contributed by atoms with Gasteiger partial charge in [0.1, 0.15) is 0 Å². The van der Waals surface area contributed by atoms with E-state index in [1.165, 1.54) is 0 Å². The Morgan fingerprint density at radius 3 is 3.00 bits per heavy atom. The number of hydrogen-bond acceptors (Lipinski definition) is 2. The van der Waals surface area contributed by atoms with Gasteiger partial charge in [-0.1, -0.05) is 0 Å². The maximum absolute atomic E-state index is 11.1. The Balaban J connectivity index is 2.29. The van der Waals surface area contributed by atoms with E-state index in [-0.39, 0.29) is 11.9 Å². The van der Waals surface area contributed by atoms with Crippen molar-refractivity contribution in [3.05, 3.63) is 0 Å². The molecule has 12 heavy (non-hydrogen) atoms. The lowest BCUT2D eigenvalue weighted by molar-refractivity contribution is -0.128. The molecule has 0 saturated carbocycles. The number of likely N-dealkylation sites (tertiary alicyclic amines) is 1. The summed E-state index contributed by atoms with van der Waals surface area (Å²) in [7, 11) is 0. The second kappa shape index (κ2) is 4.09. The van der Waals surface area contributed by atoms with Gasteiger partial charge in [-0.2, -0.15) is 0 Å². The highest BCUT2D eigenvalue weighted by Gasteiger charge is 2.21. The van der Waals surface area contributed by atoms with Crippen molar-refractivity contribution < 1.29 is 9.59 Å². The largest absolute Gasteiger partial charge is 0.354 e. The summed E-state index contributed by atoms with van der Waals surface area (Å²) in [6.45, 7) is 3.36. The average molecular weight is 170 g/mol. The molecule has 1 heterocycles. The highest BCUT2D eigenvalue weighted by molar-refractivity contribution is 5.78. The first kappa shape index (κ1) is 9.03. The maximum Gasteiger partial charge on any atom is 0.222 e. The Morgan fingerprint density at radius 2 is 2.50 bits per heavy atom. The third kappa shape index (κ3) is 2.22. The molecule has 1 rings (SSSR count). The Bertz CT molecular complexity index is 182. The van der Waals surface area contributed by atoms with Gasteiger partial charge in [-0.05, 0) is 13.3 Å². The highest BCUT2D eigenvalue weighted by atomic mass is 16.2. The fraction of sp³-hybridized carbons (Fsp3) is 0.750. The van der Waals surface area contributed by atoms with Crippen molar-refractivity contribution in [1.29, 1.82) is 0 Å². The molecule has 2 amide bonds. The second-order valence-corrected chi connectivity index (χ2v) is 3.13. The quantitative estimate of drug-likeness (QED) is 0.591. The number of rotatable bonds is 4. The van der Waals surface area contributed by atoms with Crippen molar-refractivity contribution >= 4 is 12.3 Å². The molecule has 0 bridgehead atoms. The zero-order valence-corrected chi connectivity index (χ0v) is 7.25. The van der Waals surface area contributed by atoms with Crippen LogP contribution in [0.5, 0.6) is 0 Å². The van der Waals surface area contributed by atoms with Gasteiger partial charge in [0.2, 0.25) is 12.3 Å². The molecular formula is C8H14N2O2. The van der Waals surface area contributed by atoms with Crippen molar-refractivity contribution in [2.45, 2.75) is 25.8 Å². The van der Waals surface area contributed by atoms with E-state index in [0.717, 1.165) is 13.0 Å². The summed E-state index contributed by atoms with van der Waals surface area (Å²) in [4.78, 5) is 23.0. The smallest absolute Gasteiger partial charge is 0.222 e. The van der Waals surface area contributed by atoms with E-state index in [2.05, 4.69) is 5.32 Å². The highest BCUT2D eigenvalue weighted by Crippen LogP contribution is 2.09. The molecule has 0 aliphatic carbocycles. The summed E-state index contributed by atoms with van der Waals surface area (Å²) in [5.41, 5.74) is 0. The molecule has 1 saturated heterocycles. The number of amides is 2. The molecule has 0 aromatic heterocycles. The monoisotopic (exact) mass is 170 g/mol. The minimum Gasteiger partial charge on any atom is -0.354 e. The summed E-state index contributed by atoms with van der Waals surface area (Å²) >= 11 is 0. The number of carbonyl (C=O) groups excluding carboxylic acids is 2. The third-order valence-corrected chi connectivity index (χ3v) is 2.02. The molecule has 1 unspecified atom stereocenters. The summed E-state index contributed by atoms with van der Waals surface area (Å²) < 4.78 is 0. The van der Waals surface area contributed by atoms with Crippen LogP contribution in [0.15, 0.2) is 0 Å². The van der Waals surface area contributed by atoms with Gasteiger partial charge in [-0.15, -0.1) is 0 Å². The van der Waals surface area contributed by atoms with E-state index in [0.29, 0.717) is 19.4 Å². The van der Waals surface area contributed by atoms with Crippen LogP contribution in [-0.4, -0.2) is 36.3 Å². The van der Waals surface area contributed by atoms with E-state index in [1.54, 1.807) is 4.90 Å². The van der Waals surface area contributed by atoms with Crippen LogP contribution in [0.2, 0.25) is 0 Å². The van der Waals surface area contributed by atoms with E-state index in [9.17, 15) is 9.59 Å². The average Bonchev–Trinajstić information content (AvgIpc) is 2.37. The zero-order valence-electron chi connectivity index (χ0n) is 7.25. The summed E-state index contributed by atoms with van der Waals surface area (Å²) in [5, 5.41) is 2.62. The SMILES string of the molecule is CC(CN1CCCC1=O)NC=O. The van der Waals surface area contributed by atoms with Gasteiger partial charge in [0.25, 0.3) is 0 Å². The third-order valence-electron chi connectivity index (χ3n) is 2.02. The fourth-order valence-corrected chi connectivity index (χ4v) is 1.40. The minimum atomic E-state index is 0.0598. The topological polar surface area (TPSA) is 49.4 Å². The van der Waals surface area contributed by atoms with E-state index < -0.39 is 0 Å². The Kier molecular flexibility index (Phi) is 3.08. The molecule has 0 aromatic carbocycles. The van der Waals surface area contributed by atoms with E-state index in [4.69, 9.17) is 0 Å². The van der Waals surface area contributed by atoms with Crippen molar-refractivity contribution in [2.75, 3.05) is 13.1 Å². The Morgan fingerprint density at radius 1 is 1.75 bits per heavy atom.